The summed E-state index contributed by atoms with van der Waals surface area (Å²) in [5.41, 5.74) is 0.512. The highest BCUT2D eigenvalue weighted by molar-refractivity contribution is 6.30. The van der Waals surface area contributed by atoms with E-state index in [-0.39, 0.29) is 34.1 Å². The number of fused-ring (bicyclic) bond motifs is 1. The summed E-state index contributed by atoms with van der Waals surface area (Å²) in [7, 11) is 0. The van der Waals surface area contributed by atoms with E-state index in [0.29, 0.717) is 5.56 Å². The maximum absolute atomic E-state index is 12.9. The molecule has 132 valence electrons. The number of hydrogen-bond acceptors (Lipinski definition) is 3. The number of amides is 1. The second-order valence-electron chi connectivity index (χ2n) is 6.86. The van der Waals surface area contributed by atoms with E-state index >= 15 is 0 Å². The molecule has 0 atom stereocenters. The summed E-state index contributed by atoms with van der Waals surface area (Å²) in [4.78, 5) is 20.1. The molecule has 2 heterocycles. The van der Waals surface area contributed by atoms with Crippen LogP contribution in [-0.2, 0) is 11.3 Å². The van der Waals surface area contributed by atoms with Crippen molar-refractivity contribution in [1.29, 1.82) is 0 Å². The summed E-state index contributed by atoms with van der Waals surface area (Å²) in [6, 6.07) is 1.54. The van der Waals surface area contributed by atoms with E-state index in [4.69, 9.17) is 11.6 Å². The molecule has 2 aromatic heterocycles. The Morgan fingerprint density at radius 1 is 1.29 bits per heavy atom. The predicted molar refractivity (Wildman–Crippen MR) is 86.0 cm³/mol. The number of hydrogen-bond donors (Lipinski definition) is 1. The summed E-state index contributed by atoms with van der Waals surface area (Å²) < 4.78 is 39.5. The van der Waals surface area contributed by atoms with E-state index in [9.17, 15) is 18.0 Å². The zero-order valence-corrected chi connectivity index (χ0v) is 14.5. The summed E-state index contributed by atoms with van der Waals surface area (Å²) in [5.74, 6) is -0.602. The van der Waals surface area contributed by atoms with Crippen molar-refractivity contribution < 1.29 is 18.0 Å². The zero-order valence-electron chi connectivity index (χ0n) is 13.8. The van der Waals surface area contributed by atoms with Crippen LogP contribution in [0.3, 0.4) is 0 Å². The van der Waals surface area contributed by atoms with Crippen molar-refractivity contribution in [3.63, 3.8) is 0 Å². The topological polar surface area (TPSA) is 59.8 Å². The molecule has 0 spiro atoms. The van der Waals surface area contributed by atoms with Crippen LogP contribution in [0.5, 0.6) is 0 Å². The lowest BCUT2D eigenvalue weighted by Crippen LogP contribution is -2.24. The molecule has 1 N–H and O–H groups in total. The van der Waals surface area contributed by atoms with Crippen molar-refractivity contribution >= 4 is 34.6 Å². The van der Waals surface area contributed by atoms with Crippen LogP contribution in [0.2, 0.25) is 5.15 Å². The van der Waals surface area contributed by atoms with Crippen LogP contribution < -0.4 is 5.32 Å². The quantitative estimate of drug-likeness (QED) is 0.827. The first-order valence-corrected chi connectivity index (χ1v) is 7.63. The van der Waals surface area contributed by atoms with Gasteiger partial charge in [-0.15, -0.1) is 0 Å². The van der Waals surface area contributed by atoms with Gasteiger partial charge in [0.05, 0.1) is 0 Å². The first-order valence-electron chi connectivity index (χ1n) is 7.26. The van der Waals surface area contributed by atoms with Crippen LogP contribution in [0.25, 0.3) is 11.2 Å². The van der Waals surface area contributed by atoms with Crippen LogP contribution in [0.1, 0.15) is 32.8 Å². The minimum absolute atomic E-state index is 0.0195. The van der Waals surface area contributed by atoms with Gasteiger partial charge in [0, 0.05) is 6.42 Å². The van der Waals surface area contributed by atoms with Gasteiger partial charge in [-0.25, -0.2) is 9.97 Å². The molecule has 0 radical (unpaired) electrons. The number of nitrogens with one attached hydrogen (secondary N) is 1. The third-order valence-electron chi connectivity index (χ3n) is 3.13. The van der Waals surface area contributed by atoms with Gasteiger partial charge in [-0.2, -0.15) is 13.2 Å². The number of carbonyl (C=O) groups is 1. The van der Waals surface area contributed by atoms with Gasteiger partial charge in [0.1, 0.15) is 17.2 Å². The standard InChI is InChI=1S/C15H18ClF3N4O/c1-8-5-9-12(22-11(8)16)23(7-15(17,18)19)13(20-9)21-10(24)6-14(2,3)4/h5H,6-7H2,1-4H3,(H,20,21,24). The van der Waals surface area contributed by atoms with Crippen molar-refractivity contribution in [2.24, 2.45) is 5.41 Å². The van der Waals surface area contributed by atoms with E-state index in [1.165, 1.54) is 6.07 Å². The number of aromatic nitrogens is 3. The average Bonchev–Trinajstić information content (AvgIpc) is 2.63. The first-order chi connectivity index (χ1) is 10.9. The third kappa shape index (κ3) is 4.59. The Morgan fingerprint density at radius 2 is 1.92 bits per heavy atom. The fourth-order valence-electron chi connectivity index (χ4n) is 2.20. The molecule has 0 bridgehead atoms. The molecular formula is C15H18ClF3N4O. The molecule has 0 saturated heterocycles. The summed E-state index contributed by atoms with van der Waals surface area (Å²) in [6.07, 6.45) is -4.34. The second-order valence-corrected chi connectivity index (χ2v) is 7.22. The molecule has 0 aliphatic carbocycles. The predicted octanol–water partition coefficient (Wildman–Crippen LogP) is 4.33. The van der Waals surface area contributed by atoms with Crippen molar-refractivity contribution in [3.05, 3.63) is 16.8 Å². The minimum Gasteiger partial charge on any atom is -0.296 e. The molecule has 0 saturated carbocycles. The molecule has 0 aromatic carbocycles. The Labute approximate surface area is 142 Å². The Balaban J connectivity index is 2.47. The smallest absolute Gasteiger partial charge is 0.296 e. The lowest BCUT2D eigenvalue weighted by molar-refractivity contribution is -0.139. The van der Waals surface area contributed by atoms with Crippen molar-refractivity contribution in [3.8, 4) is 0 Å². The highest BCUT2D eigenvalue weighted by Crippen LogP contribution is 2.28. The van der Waals surface area contributed by atoms with Gasteiger partial charge < -0.3 is 0 Å². The number of carbonyl (C=O) groups excluding carboxylic acids is 1. The Hall–Kier alpha value is -1.83. The Kier molecular flexibility index (Phi) is 4.81. The Bertz CT molecular complexity index is 778. The van der Waals surface area contributed by atoms with E-state index in [0.717, 1.165) is 4.57 Å². The van der Waals surface area contributed by atoms with Gasteiger partial charge >= 0.3 is 6.18 Å². The van der Waals surface area contributed by atoms with Crippen LogP contribution in [-0.4, -0.2) is 26.6 Å². The Morgan fingerprint density at radius 3 is 2.46 bits per heavy atom. The maximum atomic E-state index is 12.9. The van der Waals surface area contributed by atoms with Crippen LogP contribution in [0.15, 0.2) is 6.07 Å². The van der Waals surface area contributed by atoms with Crippen LogP contribution in [0.4, 0.5) is 19.1 Å². The van der Waals surface area contributed by atoms with Gasteiger partial charge in [0.2, 0.25) is 11.9 Å². The number of nitrogens with zero attached hydrogens (tertiary/aromatic N) is 3. The largest absolute Gasteiger partial charge is 0.406 e. The third-order valence-corrected chi connectivity index (χ3v) is 3.51. The zero-order chi connectivity index (χ0) is 18.3. The van der Waals surface area contributed by atoms with Gasteiger partial charge in [0.15, 0.2) is 5.65 Å². The van der Waals surface area contributed by atoms with Gasteiger partial charge in [-0.3, -0.25) is 14.7 Å². The van der Waals surface area contributed by atoms with Gasteiger partial charge in [0.25, 0.3) is 0 Å². The van der Waals surface area contributed by atoms with E-state index in [2.05, 4.69) is 15.3 Å². The number of pyridine rings is 1. The monoisotopic (exact) mass is 362 g/mol. The lowest BCUT2D eigenvalue weighted by Gasteiger charge is -2.17. The van der Waals surface area contributed by atoms with E-state index < -0.39 is 18.6 Å². The van der Waals surface area contributed by atoms with E-state index in [1.54, 1.807) is 6.92 Å². The molecule has 1 amide bonds. The normalized spacial score (nSPS) is 12.7. The second kappa shape index (κ2) is 6.23. The molecule has 0 unspecified atom stereocenters. The molecule has 2 aromatic rings. The molecule has 9 heteroatoms. The number of halogens is 4. The highest BCUT2D eigenvalue weighted by atomic mass is 35.5. The lowest BCUT2D eigenvalue weighted by atomic mass is 9.92. The van der Waals surface area contributed by atoms with Gasteiger partial charge in [-0.05, 0) is 24.0 Å². The van der Waals surface area contributed by atoms with Gasteiger partial charge in [-0.1, -0.05) is 32.4 Å². The summed E-state index contributed by atoms with van der Waals surface area (Å²) in [6.45, 7) is 5.93. The molecule has 5 nitrogen and oxygen atoms in total. The molecule has 0 aliphatic heterocycles. The van der Waals surface area contributed by atoms with Crippen LogP contribution in [0, 0.1) is 12.3 Å². The average molecular weight is 363 g/mol. The highest BCUT2D eigenvalue weighted by Gasteiger charge is 2.31. The number of aryl methyl sites for hydroxylation is 1. The number of imidazole rings is 1. The first kappa shape index (κ1) is 18.5. The number of alkyl halides is 3. The maximum Gasteiger partial charge on any atom is 0.406 e. The molecule has 24 heavy (non-hydrogen) atoms. The van der Waals surface area contributed by atoms with E-state index in [1.807, 2.05) is 20.8 Å². The molecule has 2 rings (SSSR count). The van der Waals surface area contributed by atoms with Crippen molar-refractivity contribution in [2.75, 3.05) is 5.32 Å². The molecule has 0 fully saturated rings. The molecular weight excluding hydrogens is 345 g/mol. The van der Waals surface area contributed by atoms with Crippen molar-refractivity contribution in [1.82, 2.24) is 14.5 Å². The number of rotatable bonds is 3. The fourth-order valence-corrected chi connectivity index (χ4v) is 2.33. The molecule has 0 aliphatic rings. The minimum atomic E-state index is -4.49. The SMILES string of the molecule is Cc1cc2nc(NC(=O)CC(C)(C)C)n(CC(F)(F)F)c2nc1Cl. The number of anilines is 1. The summed E-state index contributed by atoms with van der Waals surface area (Å²) >= 11 is 5.91. The van der Waals surface area contributed by atoms with Crippen LogP contribution >= 0.6 is 11.6 Å². The summed E-state index contributed by atoms with van der Waals surface area (Å²) in [5, 5.41) is 2.54. The fraction of sp³-hybridized carbons (Fsp3) is 0.533. The van der Waals surface area contributed by atoms with Crippen molar-refractivity contribution in [2.45, 2.75) is 46.8 Å².